The fraction of sp³-hybridized carbons (Fsp3) is 0.400. The number of pyridine rings is 1. The molecular formula is C10H11FN2O. The van der Waals surface area contributed by atoms with E-state index in [9.17, 15) is 9.18 Å². The quantitative estimate of drug-likeness (QED) is 0.723. The molecule has 1 aliphatic rings. The van der Waals surface area contributed by atoms with Crippen LogP contribution < -0.4 is 5.32 Å². The molecule has 0 bridgehead atoms. The second kappa shape index (κ2) is 3.36. The molecule has 1 amide bonds. The van der Waals surface area contributed by atoms with Crippen molar-refractivity contribution in [1.82, 2.24) is 10.3 Å². The number of carbonyl (C=O) groups excluding carboxylic acids is 1. The minimum absolute atomic E-state index is 0.0388. The predicted molar refractivity (Wildman–Crippen MR) is 49.4 cm³/mol. The van der Waals surface area contributed by atoms with Crippen molar-refractivity contribution in [3.63, 3.8) is 0 Å². The van der Waals surface area contributed by atoms with Gasteiger partial charge in [-0.2, -0.15) is 4.39 Å². The highest BCUT2D eigenvalue weighted by molar-refractivity contribution is 5.94. The van der Waals surface area contributed by atoms with E-state index in [0.717, 1.165) is 18.4 Å². The molecule has 0 aliphatic heterocycles. The first kappa shape index (κ1) is 9.12. The van der Waals surface area contributed by atoms with Crippen molar-refractivity contribution >= 4 is 5.91 Å². The molecule has 0 aromatic carbocycles. The molecule has 0 spiro atoms. The monoisotopic (exact) mass is 194 g/mol. The third kappa shape index (κ3) is 1.89. The smallest absolute Gasteiger partial charge is 0.256 e. The molecule has 0 unspecified atom stereocenters. The number of hydrogen-bond donors (Lipinski definition) is 1. The van der Waals surface area contributed by atoms with Gasteiger partial charge in [-0.25, -0.2) is 4.98 Å². The van der Waals surface area contributed by atoms with E-state index in [0.29, 0.717) is 0 Å². The lowest BCUT2D eigenvalue weighted by Crippen LogP contribution is -2.26. The van der Waals surface area contributed by atoms with E-state index in [-0.39, 0.29) is 17.5 Å². The molecule has 0 saturated heterocycles. The number of nitrogens with one attached hydrogen (secondary N) is 1. The zero-order valence-corrected chi connectivity index (χ0v) is 7.88. The average molecular weight is 194 g/mol. The molecule has 1 fully saturated rings. The van der Waals surface area contributed by atoms with Crippen LogP contribution in [-0.2, 0) is 0 Å². The fourth-order valence-corrected chi connectivity index (χ4v) is 1.20. The van der Waals surface area contributed by atoms with Gasteiger partial charge in [-0.15, -0.1) is 0 Å². The first-order valence-electron chi connectivity index (χ1n) is 4.60. The van der Waals surface area contributed by atoms with Crippen molar-refractivity contribution < 1.29 is 9.18 Å². The SMILES string of the molecule is Cc1cnc(F)c(C(=O)NC2CC2)c1. The number of hydrogen-bond acceptors (Lipinski definition) is 2. The van der Waals surface area contributed by atoms with Crippen LogP contribution in [0.1, 0.15) is 28.8 Å². The van der Waals surface area contributed by atoms with E-state index in [1.165, 1.54) is 12.3 Å². The van der Waals surface area contributed by atoms with E-state index in [1.54, 1.807) is 6.92 Å². The standard InChI is InChI=1S/C10H11FN2O/c1-6-4-8(9(11)12-5-6)10(14)13-7-2-3-7/h4-5,7H,2-3H2,1H3,(H,13,14). The predicted octanol–water partition coefficient (Wildman–Crippen LogP) is 1.42. The third-order valence-corrected chi connectivity index (χ3v) is 2.13. The summed E-state index contributed by atoms with van der Waals surface area (Å²) in [6, 6.07) is 1.75. The largest absolute Gasteiger partial charge is 0.349 e. The Morgan fingerprint density at radius 3 is 3.00 bits per heavy atom. The van der Waals surface area contributed by atoms with Crippen LogP contribution in [0.3, 0.4) is 0 Å². The first-order chi connectivity index (χ1) is 6.66. The lowest BCUT2D eigenvalue weighted by molar-refractivity contribution is 0.0946. The van der Waals surface area contributed by atoms with Crippen molar-refractivity contribution in [3.8, 4) is 0 Å². The van der Waals surface area contributed by atoms with Gasteiger partial charge in [-0.05, 0) is 31.4 Å². The van der Waals surface area contributed by atoms with Gasteiger partial charge in [0.1, 0.15) is 0 Å². The highest BCUT2D eigenvalue weighted by atomic mass is 19.1. The second-order valence-corrected chi connectivity index (χ2v) is 3.60. The Kier molecular flexibility index (Phi) is 2.19. The molecule has 1 aromatic heterocycles. The van der Waals surface area contributed by atoms with Crippen molar-refractivity contribution in [2.75, 3.05) is 0 Å². The summed E-state index contributed by atoms with van der Waals surface area (Å²) >= 11 is 0. The highest BCUT2D eigenvalue weighted by Gasteiger charge is 2.25. The summed E-state index contributed by atoms with van der Waals surface area (Å²) < 4.78 is 13.1. The summed E-state index contributed by atoms with van der Waals surface area (Å²) in [6.07, 6.45) is 3.39. The number of rotatable bonds is 2. The highest BCUT2D eigenvalue weighted by Crippen LogP contribution is 2.19. The minimum atomic E-state index is -0.700. The molecule has 3 nitrogen and oxygen atoms in total. The maximum atomic E-state index is 13.1. The normalized spacial score (nSPS) is 15.3. The van der Waals surface area contributed by atoms with Crippen LogP contribution >= 0.6 is 0 Å². The van der Waals surface area contributed by atoms with Gasteiger partial charge in [0.05, 0.1) is 5.56 Å². The Morgan fingerprint density at radius 2 is 2.36 bits per heavy atom. The number of nitrogens with zero attached hydrogens (tertiary/aromatic N) is 1. The molecule has 0 radical (unpaired) electrons. The lowest BCUT2D eigenvalue weighted by atomic mass is 10.2. The van der Waals surface area contributed by atoms with Crippen molar-refractivity contribution in [1.29, 1.82) is 0 Å². The van der Waals surface area contributed by atoms with Crippen LogP contribution in [0.5, 0.6) is 0 Å². The van der Waals surface area contributed by atoms with Gasteiger partial charge < -0.3 is 5.32 Å². The van der Waals surface area contributed by atoms with Crippen LogP contribution in [0.25, 0.3) is 0 Å². The van der Waals surface area contributed by atoms with Crippen LogP contribution in [0.2, 0.25) is 0 Å². The second-order valence-electron chi connectivity index (χ2n) is 3.60. The summed E-state index contributed by atoms with van der Waals surface area (Å²) in [5, 5.41) is 2.72. The van der Waals surface area contributed by atoms with Crippen molar-refractivity contribution in [3.05, 3.63) is 29.3 Å². The van der Waals surface area contributed by atoms with Crippen LogP contribution in [0.4, 0.5) is 4.39 Å². The minimum Gasteiger partial charge on any atom is -0.349 e. The fourth-order valence-electron chi connectivity index (χ4n) is 1.20. The summed E-state index contributed by atoms with van der Waals surface area (Å²) in [5.41, 5.74) is 0.823. The summed E-state index contributed by atoms with van der Waals surface area (Å²) in [4.78, 5) is 15.0. The molecule has 1 heterocycles. The lowest BCUT2D eigenvalue weighted by Gasteiger charge is -2.04. The number of amides is 1. The van der Waals surface area contributed by atoms with E-state index < -0.39 is 5.95 Å². The summed E-state index contributed by atoms with van der Waals surface area (Å²) in [6.45, 7) is 1.78. The molecule has 1 aromatic rings. The van der Waals surface area contributed by atoms with Crippen LogP contribution in [-0.4, -0.2) is 16.9 Å². The first-order valence-corrected chi connectivity index (χ1v) is 4.60. The topological polar surface area (TPSA) is 42.0 Å². The Morgan fingerprint density at radius 1 is 1.64 bits per heavy atom. The molecule has 74 valence electrons. The number of carbonyl (C=O) groups is 1. The van der Waals surface area contributed by atoms with Gasteiger partial charge in [0, 0.05) is 12.2 Å². The molecule has 4 heteroatoms. The number of halogens is 1. The number of aryl methyl sites for hydroxylation is 1. The van der Waals surface area contributed by atoms with Crippen molar-refractivity contribution in [2.45, 2.75) is 25.8 Å². The molecule has 0 atom stereocenters. The molecule has 1 saturated carbocycles. The summed E-state index contributed by atoms with van der Waals surface area (Å²) in [7, 11) is 0. The summed E-state index contributed by atoms with van der Waals surface area (Å²) in [5.74, 6) is -1.06. The van der Waals surface area contributed by atoms with Gasteiger partial charge in [0.2, 0.25) is 5.95 Å². The molecular weight excluding hydrogens is 183 g/mol. The molecule has 14 heavy (non-hydrogen) atoms. The van der Waals surface area contributed by atoms with Gasteiger partial charge in [0.25, 0.3) is 5.91 Å². The zero-order valence-electron chi connectivity index (χ0n) is 7.88. The average Bonchev–Trinajstić information content (AvgIpc) is 2.93. The third-order valence-electron chi connectivity index (χ3n) is 2.13. The maximum Gasteiger partial charge on any atom is 0.256 e. The number of aromatic nitrogens is 1. The molecule has 2 rings (SSSR count). The Hall–Kier alpha value is -1.45. The van der Waals surface area contributed by atoms with Crippen molar-refractivity contribution in [2.24, 2.45) is 0 Å². The zero-order chi connectivity index (χ0) is 10.1. The van der Waals surface area contributed by atoms with Crippen LogP contribution in [0.15, 0.2) is 12.3 Å². The van der Waals surface area contributed by atoms with Gasteiger partial charge in [-0.1, -0.05) is 0 Å². The maximum absolute atomic E-state index is 13.1. The Bertz CT molecular complexity index is 374. The van der Waals surface area contributed by atoms with E-state index in [4.69, 9.17) is 0 Å². The van der Waals surface area contributed by atoms with Crippen LogP contribution in [0, 0.1) is 12.9 Å². The van der Waals surface area contributed by atoms with E-state index in [1.807, 2.05) is 0 Å². The van der Waals surface area contributed by atoms with Gasteiger partial charge in [-0.3, -0.25) is 4.79 Å². The Balaban J connectivity index is 2.20. The van der Waals surface area contributed by atoms with Gasteiger partial charge >= 0.3 is 0 Å². The molecule has 1 aliphatic carbocycles. The van der Waals surface area contributed by atoms with E-state index in [2.05, 4.69) is 10.3 Å². The Labute approximate surface area is 81.3 Å². The van der Waals surface area contributed by atoms with Gasteiger partial charge in [0.15, 0.2) is 0 Å². The molecule has 1 N–H and O–H groups in total. The van der Waals surface area contributed by atoms with E-state index >= 15 is 0 Å².